The van der Waals surface area contributed by atoms with E-state index in [4.69, 9.17) is 5.73 Å². The Morgan fingerprint density at radius 1 is 1.69 bits per heavy atom. The van der Waals surface area contributed by atoms with Crippen molar-refractivity contribution in [2.75, 3.05) is 30.3 Å². The van der Waals surface area contributed by atoms with Gasteiger partial charge in [0.2, 0.25) is 0 Å². The first-order valence-corrected chi connectivity index (χ1v) is 5.54. The van der Waals surface area contributed by atoms with Crippen LogP contribution >= 0.6 is 0 Å². The fourth-order valence-corrected chi connectivity index (χ4v) is 2.12. The van der Waals surface area contributed by atoms with Gasteiger partial charge in [0.05, 0.1) is 6.33 Å². The van der Waals surface area contributed by atoms with Crippen molar-refractivity contribution in [3.8, 4) is 0 Å². The second kappa shape index (κ2) is 4.52. The third-order valence-electron chi connectivity index (χ3n) is 2.96. The maximum absolute atomic E-state index is 11.4. The van der Waals surface area contributed by atoms with E-state index in [2.05, 4.69) is 20.2 Å². The molecule has 1 aliphatic rings. The van der Waals surface area contributed by atoms with Crippen LogP contribution in [-0.2, 0) is 0 Å². The van der Waals surface area contributed by atoms with Gasteiger partial charge in [-0.3, -0.25) is 4.79 Å². The lowest BCUT2D eigenvalue weighted by atomic mass is 10.2. The molecule has 0 aromatic carbocycles. The number of anilines is 2. The molecular formula is C10H17N5O. The average molecular weight is 223 g/mol. The third kappa shape index (κ3) is 1.88. The normalized spacial score (nSPS) is 19.9. The van der Waals surface area contributed by atoms with Crippen LogP contribution in [0.15, 0.2) is 11.1 Å². The van der Waals surface area contributed by atoms with Gasteiger partial charge in [0.1, 0.15) is 5.69 Å². The quantitative estimate of drug-likeness (QED) is 0.645. The van der Waals surface area contributed by atoms with E-state index in [1.807, 2.05) is 6.92 Å². The minimum Gasteiger partial charge on any atom is -0.391 e. The molecule has 0 radical (unpaired) electrons. The van der Waals surface area contributed by atoms with Crippen LogP contribution in [0.5, 0.6) is 0 Å². The molecule has 2 heterocycles. The van der Waals surface area contributed by atoms with Gasteiger partial charge in [-0.25, -0.2) is 4.98 Å². The molecule has 0 saturated carbocycles. The number of aromatic amines is 1. The maximum atomic E-state index is 11.4. The molecule has 0 spiro atoms. The van der Waals surface area contributed by atoms with Crippen molar-refractivity contribution in [2.24, 2.45) is 0 Å². The summed E-state index contributed by atoms with van der Waals surface area (Å²) in [6.45, 7) is 4.76. The summed E-state index contributed by atoms with van der Waals surface area (Å²) >= 11 is 0. The topological polar surface area (TPSA) is 87.0 Å². The second-order valence-corrected chi connectivity index (χ2v) is 3.90. The first kappa shape index (κ1) is 10.9. The van der Waals surface area contributed by atoms with E-state index in [0.29, 0.717) is 11.9 Å². The largest absolute Gasteiger partial charge is 0.391 e. The Morgan fingerprint density at radius 3 is 3.12 bits per heavy atom. The molecule has 6 heteroatoms. The lowest BCUT2D eigenvalue weighted by Gasteiger charge is -2.28. The molecule has 1 aliphatic heterocycles. The van der Waals surface area contributed by atoms with Crippen LogP contribution in [0.1, 0.15) is 13.3 Å². The Labute approximate surface area is 93.9 Å². The van der Waals surface area contributed by atoms with E-state index >= 15 is 0 Å². The number of hydrogen-bond donors (Lipinski definition) is 3. The predicted molar refractivity (Wildman–Crippen MR) is 63.6 cm³/mol. The van der Waals surface area contributed by atoms with Crippen molar-refractivity contribution in [3.05, 3.63) is 16.7 Å². The number of nitrogens with two attached hydrogens (primary N) is 1. The lowest BCUT2D eigenvalue weighted by Crippen LogP contribution is -2.38. The number of hydrogen-bond acceptors (Lipinski definition) is 5. The number of rotatable bonds is 3. The summed E-state index contributed by atoms with van der Waals surface area (Å²) in [7, 11) is 0. The first-order valence-electron chi connectivity index (χ1n) is 5.54. The number of nitrogens with zero attached hydrogens (tertiary/aromatic N) is 2. The highest BCUT2D eigenvalue weighted by Crippen LogP contribution is 2.20. The minimum absolute atomic E-state index is 0.205. The molecule has 1 aromatic rings. The average Bonchev–Trinajstić information content (AvgIpc) is 2.79. The molecule has 0 bridgehead atoms. The van der Waals surface area contributed by atoms with Crippen molar-refractivity contribution >= 4 is 11.5 Å². The van der Waals surface area contributed by atoms with E-state index in [-0.39, 0.29) is 11.2 Å². The van der Waals surface area contributed by atoms with Gasteiger partial charge in [-0.1, -0.05) is 0 Å². The van der Waals surface area contributed by atoms with Gasteiger partial charge in [-0.05, 0) is 19.9 Å². The highest BCUT2D eigenvalue weighted by atomic mass is 16.1. The zero-order valence-corrected chi connectivity index (χ0v) is 9.36. The molecule has 1 fully saturated rings. The SMILES string of the molecule is CCN(c1nc[nH]c(=O)c1N)C1CCNC1. The standard InChI is InChI=1S/C10H17N5O/c1-2-15(7-3-4-12-5-7)9-8(11)10(16)14-6-13-9/h6-7,12H,2-5,11H2,1H3,(H,13,14,16). The van der Waals surface area contributed by atoms with Gasteiger partial charge in [0.15, 0.2) is 5.82 Å². The predicted octanol–water partition coefficient (Wildman–Crippen LogP) is -0.460. The number of likely N-dealkylation sites (N-methyl/N-ethyl adjacent to an activating group) is 1. The summed E-state index contributed by atoms with van der Waals surface area (Å²) < 4.78 is 0. The molecule has 16 heavy (non-hydrogen) atoms. The summed E-state index contributed by atoms with van der Waals surface area (Å²) in [5.41, 5.74) is 5.69. The van der Waals surface area contributed by atoms with E-state index < -0.39 is 0 Å². The molecule has 1 saturated heterocycles. The second-order valence-electron chi connectivity index (χ2n) is 3.90. The van der Waals surface area contributed by atoms with Gasteiger partial charge in [-0.15, -0.1) is 0 Å². The van der Waals surface area contributed by atoms with Crippen molar-refractivity contribution in [3.63, 3.8) is 0 Å². The van der Waals surface area contributed by atoms with Crippen LogP contribution in [0.25, 0.3) is 0 Å². The molecule has 1 unspecified atom stereocenters. The fourth-order valence-electron chi connectivity index (χ4n) is 2.12. The Kier molecular flexibility index (Phi) is 3.09. The summed E-state index contributed by atoms with van der Waals surface area (Å²) in [6.07, 6.45) is 2.46. The molecular weight excluding hydrogens is 206 g/mol. The lowest BCUT2D eigenvalue weighted by molar-refractivity contribution is 0.640. The van der Waals surface area contributed by atoms with Gasteiger partial charge in [0, 0.05) is 19.1 Å². The van der Waals surface area contributed by atoms with Gasteiger partial charge in [-0.2, -0.15) is 0 Å². The highest BCUT2D eigenvalue weighted by molar-refractivity contribution is 5.61. The van der Waals surface area contributed by atoms with Gasteiger partial charge >= 0.3 is 0 Å². The Hall–Kier alpha value is -1.56. The summed E-state index contributed by atoms with van der Waals surface area (Å²) in [6, 6.07) is 0.376. The Bertz CT molecular complexity index is 410. The van der Waals surface area contributed by atoms with Crippen molar-refractivity contribution in [2.45, 2.75) is 19.4 Å². The molecule has 6 nitrogen and oxygen atoms in total. The zero-order valence-electron chi connectivity index (χ0n) is 9.36. The van der Waals surface area contributed by atoms with Crippen LogP contribution < -0.4 is 21.5 Å². The summed E-state index contributed by atoms with van der Waals surface area (Å²) in [5.74, 6) is 0.597. The number of nitrogens with one attached hydrogen (secondary N) is 2. The molecule has 1 aromatic heterocycles. The van der Waals surface area contributed by atoms with Crippen LogP contribution in [0.3, 0.4) is 0 Å². The van der Waals surface area contributed by atoms with E-state index in [1.54, 1.807) is 0 Å². The van der Waals surface area contributed by atoms with Crippen molar-refractivity contribution in [1.82, 2.24) is 15.3 Å². The van der Waals surface area contributed by atoms with Gasteiger partial charge < -0.3 is 20.9 Å². The number of nitrogen functional groups attached to an aromatic ring is 1. The Morgan fingerprint density at radius 2 is 2.50 bits per heavy atom. The van der Waals surface area contributed by atoms with Crippen LogP contribution in [-0.4, -0.2) is 35.6 Å². The number of H-pyrrole nitrogens is 1. The van der Waals surface area contributed by atoms with E-state index in [1.165, 1.54) is 6.33 Å². The Balaban J connectivity index is 2.32. The summed E-state index contributed by atoms with van der Waals surface area (Å²) in [5, 5.41) is 3.29. The van der Waals surface area contributed by atoms with E-state index in [9.17, 15) is 4.79 Å². The molecule has 1 atom stereocenters. The zero-order chi connectivity index (χ0) is 11.5. The number of aromatic nitrogens is 2. The molecule has 4 N–H and O–H groups in total. The molecule has 2 rings (SSSR count). The third-order valence-corrected chi connectivity index (χ3v) is 2.96. The minimum atomic E-state index is -0.269. The van der Waals surface area contributed by atoms with Crippen molar-refractivity contribution in [1.29, 1.82) is 0 Å². The maximum Gasteiger partial charge on any atom is 0.276 e. The molecule has 0 aliphatic carbocycles. The van der Waals surface area contributed by atoms with Crippen molar-refractivity contribution < 1.29 is 0 Å². The van der Waals surface area contributed by atoms with Crippen LogP contribution in [0, 0.1) is 0 Å². The van der Waals surface area contributed by atoms with Crippen LogP contribution in [0.2, 0.25) is 0 Å². The molecule has 88 valence electrons. The fraction of sp³-hybridized carbons (Fsp3) is 0.600. The monoisotopic (exact) mass is 223 g/mol. The first-order chi connectivity index (χ1) is 7.74. The van der Waals surface area contributed by atoms with E-state index in [0.717, 1.165) is 26.1 Å². The van der Waals surface area contributed by atoms with Crippen LogP contribution in [0.4, 0.5) is 11.5 Å². The highest BCUT2D eigenvalue weighted by Gasteiger charge is 2.24. The smallest absolute Gasteiger partial charge is 0.276 e. The van der Waals surface area contributed by atoms with Gasteiger partial charge in [0.25, 0.3) is 5.56 Å². The molecule has 0 amide bonds. The summed E-state index contributed by atoms with van der Waals surface area (Å²) in [4.78, 5) is 20.1.